The van der Waals surface area contributed by atoms with Gasteiger partial charge in [-0.1, -0.05) is 140 Å². The van der Waals surface area contributed by atoms with Gasteiger partial charge in [0.25, 0.3) is 0 Å². The third-order valence-corrected chi connectivity index (χ3v) is 12.1. The summed E-state index contributed by atoms with van der Waals surface area (Å²) in [6, 6.07) is 70.2. The van der Waals surface area contributed by atoms with Gasteiger partial charge in [0.05, 0.1) is 27.8 Å². The van der Waals surface area contributed by atoms with E-state index in [1.165, 1.54) is 21.5 Å². The van der Waals surface area contributed by atoms with Crippen molar-refractivity contribution in [2.45, 2.75) is 0 Å². The summed E-state index contributed by atoms with van der Waals surface area (Å²) < 4.78 is 11.4. The summed E-state index contributed by atoms with van der Waals surface area (Å²) >= 11 is 0. The fourth-order valence-corrected chi connectivity index (χ4v) is 9.47. The molecule has 0 aliphatic heterocycles. The van der Waals surface area contributed by atoms with Crippen LogP contribution < -0.4 is 0 Å². The number of nitrogens with zero attached hydrogens (tertiary/aromatic N) is 5. The highest BCUT2D eigenvalue weighted by molar-refractivity contribution is 6.17. The smallest absolute Gasteiger partial charge is 0.164 e. The molecule has 6 nitrogen and oxygen atoms in total. The summed E-state index contributed by atoms with van der Waals surface area (Å²) in [5, 5.41) is 8.95. The van der Waals surface area contributed by atoms with Crippen LogP contribution in [-0.4, -0.2) is 24.1 Å². The molecule has 0 fully saturated rings. The van der Waals surface area contributed by atoms with Crippen LogP contribution in [0.4, 0.5) is 0 Å². The Hall–Kier alpha value is -8.35. The Morgan fingerprint density at radius 2 is 0.918 bits per heavy atom. The number of hydrogen-bond donors (Lipinski definition) is 0. The van der Waals surface area contributed by atoms with E-state index in [9.17, 15) is 0 Å². The molecule has 9 aromatic carbocycles. The van der Waals surface area contributed by atoms with Gasteiger partial charge in [0.1, 0.15) is 11.2 Å². The van der Waals surface area contributed by atoms with E-state index in [2.05, 4.69) is 179 Å². The highest BCUT2D eigenvalue weighted by Gasteiger charge is 2.23. The molecule has 0 N–H and O–H groups in total. The van der Waals surface area contributed by atoms with Crippen LogP contribution in [0.15, 0.2) is 205 Å². The van der Waals surface area contributed by atoms with Gasteiger partial charge in [0.15, 0.2) is 17.5 Å². The average molecular weight is 780 g/mol. The van der Waals surface area contributed by atoms with E-state index in [-0.39, 0.29) is 0 Å². The molecule has 4 heterocycles. The van der Waals surface area contributed by atoms with Crippen molar-refractivity contribution in [2.24, 2.45) is 0 Å². The zero-order valence-corrected chi connectivity index (χ0v) is 32.7. The number of aromatic nitrogens is 5. The SMILES string of the molecule is c1ccc(-c2nc(-c3cc(-n4c5ccccc5c5cc6ccccc6cc54)cc4oc5ccccc5c34)nc(-c3cccc4c3c3ccccc3n4-c3ccccc3)n2)cc1. The van der Waals surface area contributed by atoms with Gasteiger partial charge < -0.3 is 13.6 Å². The van der Waals surface area contributed by atoms with E-state index in [4.69, 9.17) is 19.4 Å². The summed E-state index contributed by atoms with van der Waals surface area (Å²) in [5.74, 6) is 1.76. The molecule has 0 amide bonds. The molecular formula is C55H33N5O. The maximum Gasteiger partial charge on any atom is 0.164 e. The normalized spacial score (nSPS) is 11.9. The molecule has 0 aliphatic carbocycles. The largest absolute Gasteiger partial charge is 0.456 e. The molecule has 0 radical (unpaired) electrons. The first-order valence-electron chi connectivity index (χ1n) is 20.5. The average Bonchev–Trinajstić information content (AvgIpc) is 3.98. The minimum atomic E-state index is 0.567. The predicted octanol–water partition coefficient (Wildman–Crippen LogP) is 14.1. The van der Waals surface area contributed by atoms with Gasteiger partial charge in [0.2, 0.25) is 0 Å². The van der Waals surface area contributed by atoms with Crippen LogP contribution in [0.5, 0.6) is 0 Å². The van der Waals surface area contributed by atoms with Crippen LogP contribution in [0.3, 0.4) is 0 Å². The molecule has 13 rings (SSSR count). The lowest BCUT2D eigenvalue weighted by molar-refractivity contribution is 0.668. The van der Waals surface area contributed by atoms with E-state index in [0.717, 1.165) is 82.8 Å². The lowest BCUT2D eigenvalue weighted by atomic mass is 10.0. The Morgan fingerprint density at radius 3 is 1.72 bits per heavy atom. The highest BCUT2D eigenvalue weighted by Crippen LogP contribution is 2.43. The number of furan rings is 1. The van der Waals surface area contributed by atoms with Gasteiger partial charge in [-0.3, -0.25) is 0 Å². The molecule has 0 saturated heterocycles. The van der Waals surface area contributed by atoms with E-state index in [0.29, 0.717) is 17.5 Å². The first-order valence-corrected chi connectivity index (χ1v) is 20.5. The van der Waals surface area contributed by atoms with Crippen molar-refractivity contribution in [3.05, 3.63) is 200 Å². The first-order chi connectivity index (χ1) is 30.2. The van der Waals surface area contributed by atoms with Crippen molar-refractivity contribution in [3.63, 3.8) is 0 Å². The van der Waals surface area contributed by atoms with Gasteiger partial charge >= 0.3 is 0 Å². The molecule has 6 heteroatoms. The van der Waals surface area contributed by atoms with E-state index in [1.54, 1.807) is 0 Å². The lowest BCUT2D eigenvalue weighted by Gasteiger charge is -2.13. The second kappa shape index (κ2) is 13.1. The summed E-state index contributed by atoms with van der Waals surface area (Å²) in [7, 11) is 0. The van der Waals surface area contributed by atoms with Gasteiger partial charge in [-0.25, -0.2) is 15.0 Å². The van der Waals surface area contributed by atoms with Crippen LogP contribution in [-0.2, 0) is 0 Å². The van der Waals surface area contributed by atoms with Crippen molar-refractivity contribution in [3.8, 4) is 45.5 Å². The zero-order chi connectivity index (χ0) is 40.0. The van der Waals surface area contributed by atoms with Crippen molar-refractivity contribution in [1.29, 1.82) is 0 Å². The minimum Gasteiger partial charge on any atom is -0.456 e. The van der Waals surface area contributed by atoms with Crippen molar-refractivity contribution >= 4 is 76.3 Å². The monoisotopic (exact) mass is 779 g/mol. The topological polar surface area (TPSA) is 61.7 Å². The third kappa shape index (κ3) is 5.12. The quantitative estimate of drug-likeness (QED) is 0.175. The van der Waals surface area contributed by atoms with Crippen molar-refractivity contribution in [1.82, 2.24) is 24.1 Å². The molecule has 0 spiro atoms. The molecule has 4 aromatic heterocycles. The number of rotatable bonds is 5. The zero-order valence-electron chi connectivity index (χ0n) is 32.7. The molecule has 0 saturated carbocycles. The second-order valence-electron chi connectivity index (χ2n) is 15.6. The predicted molar refractivity (Wildman–Crippen MR) is 250 cm³/mol. The number of para-hydroxylation sites is 4. The standard InChI is InChI=1S/C55H33N5O/c1-3-16-34(17-4-1)53-56-54(42-25-15-28-47-51(42)40-23-10-13-27-46(40)59(47)37-20-5-2-6-21-37)58-55(57-53)44-32-38(33-50-52(44)41-24-11-14-29-49(41)61-50)60-45-26-12-9-22-39(45)43-30-35-18-7-8-19-36(35)31-48(43)60/h1-33H. The van der Waals surface area contributed by atoms with Crippen LogP contribution in [0.25, 0.3) is 122 Å². The molecule has 0 atom stereocenters. The number of benzene rings is 9. The Morgan fingerprint density at radius 1 is 0.328 bits per heavy atom. The maximum atomic E-state index is 6.74. The molecule has 13 aromatic rings. The van der Waals surface area contributed by atoms with Crippen LogP contribution in [0, 0.1) is 0 Å². The Balaban J connectivity index is 1.13. The van der Waals surface area contributed by atoms with Crippen molar-refractivity contribution in [2.75, 3.05) is 0 Å². The summed E-state index contributed by atoms with van der Waals surface area (Å²) in [6.45, 7) is 0. The number of fused-ring (bicyclic) bond motifs is 10. The van der Waals surface area contributed by atoms with Gasteiger partial charge in [0, 0.05) is 60.8 Å². The fraction of sp³-hybridized carbons (Fsp3) is 0. The van der Waals surface area contributed by atoms with Gasteiger partial charge in [-0.15, -0.1) is 0 Å². The van der Waals surface area contributed by atoms with Crippen LogP contribution in [0.2, 0.25) is 0 Å². The Kier molecular flexibility index (Phi) is 7.21. The molecule has 0 unspecified atom stereocenters. The highest BCUT2D eigenvalue weighted by atomic mass is 16.3. The summed E-state index contributed by atoms with van der Waals surface area (Å²) in [4.78, 5) is 16.1. The molecular weight excluding hydrogens is 747 g/mol. The second-order valence-corrected chi connectivity index (χ2v) is 15.6. The van der Waals surface area contributed by atoms with E-state index in [1.807, 2.05) is 30.3 Å². The van der Waals surface area contributed by atoms with Crippen LogP contribution >= 0.6 is 0 Å². The van der Waals surface area contributed by atoms with Gasteiger partial charge in [-0.05, 0) is 65.4 Å². The minimum absolute atomic E-state index is 0.567. The van der Waals surface area contributed by atoms with Gasteiger partial charge in [-0.2, -0.15) is 0 Å². The van der Waals surface area contributed by atoms with E-state index < -0.39 is 0 Å². The molecule has 0 aliphatic rings. The van der Waals surface area contributed by atoms with Crippen LogP contribution in [0.1, 0.15) is 0 Å². The third-order valence-electron chi connectivity index (χ3n) is 12.1. The Labute approximate surface area is 349 Å². The lowest BCUT2D eigenvalue weighted by Crippen LogP contribution is -2.02. The summed E-state index contributed by atoms with van der Waals surface area (Å²) in [5.41, 5.74) is 10.7. The number of hydrogen-bond acceptors (Lipinski definition) is 4. The fourth-order valence-electron chi connectivity index (χ4n) is 9.47. The molecule has 61 heavy (non-hydrogen) atoms. The first kappa shape index (κ1) is 33.6. The Bertz CT molecular complexity index is 3880. The molecule has 0 bridgehead atoms. The van der Waals surface area contributed by atoms with Crippen molar-refractivity contribution < 1.29 is 4.42 Å². The molecule has 284 valence electrons. The maximum absolute atomic E-state index is 6.74. The summed E-state index contributed by atoms with van der Waals surface area (Å²) in [6.07, 6.45) is 0. The van der Waals surface area contributed by atoms with E-state index >= 15 is 0 Å².